The van der Waals surface area contributed by atoms with Gasteiger partial charge in [0.1, 0.15) is 12.4 Å². The lowest BCUT2D eigenvalue weighted by Gasteiger charge is -2.05. The largest absolute Gasteiger partial charge is 0.492 e. The van der Waals surface area contributed by atoms with E-state index < -0.39 is 0 Å². The van der Waals surface area contributed by atoms with Crippen LogP contribution in [-0.4, -0.2) is 19.7 Å². The van der Waals surface area contributed by atoms with E-state index in [9.17, 15) is 0 Å². The number of aryl methyl sites for hydroxylation is 1. The highest BCUT2D eigenvalue weighted by molar-refractivity contribution is 5.85. The zero-order valence-corrected chi connectivity index (χ0v) is 10.9. The van der Waals surface area contributed by atoms with Gasteiger partial charge in [-0.3, -0.25) is 0 Å². The second-order valence-corrected chi connectivity index (χ2v) is 3.17. The van der Waals surface area contributed by atoms with Gasteiger partial charge in [-0.1, -0.05) is 12.1 Å². The van der Waals surface area contributed by atoms with E-state index in [1.165, 1.54) is 5.56 Å². The minimum atomic E-state index is 0. The maximum atomic E-state index is 5.43. The molecule has 0 saturated carbocycles. The minimum absolute atomic E-state index is 0. The molecule has 1 aromatic carbocycles. The van der Waals surface area contributed by atoms with Crippen LogP contribution >= 0.6 is 24.8 Å². The van der Waals surface area contributed by atoms with Gasteiger partial charge in [0.05, 0.1) is 0 Å². The third-order valence-electron chi connectivity index (χ3n) is 1.98. The Kier molecular flexibility index (Phi) is 12.3. The maximum Gasteiger partial charge on any atom is 0.119 e. The first-order valence-corrected chi connectivity index (χ1v) is 4.98. The molecule has 0 bridgehead atoms. The van der Waals surface area contributed by atoms with Crippen molar-refractivity contribution in [3.63, 3.8) is 0 Å². The summed E-state index contributed by atoms with van der Waals surface area (Å²) in [6.07, 6.45) is 2.07. The van der Waals surface area contributed by atoms with Gasteiger partial charge in [-0.25, -0.2) is 0 Å². The Labute approximate surface area is 109 Å². The molecule has 0 spiro atoms. The molecule has 1 rings (SSSR count). The quantitative estimate of drug-likeness (QED) is 0.825. The molecule has 0 radical (unpaired) electrons. The second-order valence-electron chi connectivity index (χ2n) is 3.17. The molecule has 5 heteroatoms. The lowest BCUT2D eigenvalue weighted by atomic mass is 10.1. The summed E-state index contributed by atoms with van der Waals surface area (Å²) in [5.74, 6) is 0.881. The van der Waals surface area contributed by atoms with Crippen molar-refractivity contribution in [1.82, 2.24) is 0 Å². The SMILES string of the molecule is Cl.Cl.NCCCc1ccc(OCCN)cc1. The van der Waals surface area contributed by atoms with Crippen molar-refractivity contribution in [3.05, 3.63) is 29.8 Å². The molecule has 0 atom stereocenters. The van der Waals surface area contributed by atoms with E-state index in [4.69, 9.17) is 16.2 Å². The number of hydrogen-bond donors (Lipinski definition) is 2. The van der Waals surface area contributed by atoms with Gasteiger partial charge in [0, 0.05) is 6.54 Å². The van der Waals surface area contributed by atoms with Crippen molar-refractivity contribution in [2.45, 2.75) is 12.8 Å². The summed E-state index contributed by atoms with van der Waals surface area (Å²) >= 11 is 0. The first-order valence-electron chi connectivity index (χ1n) is 4.98. The molecule has 0 aliphatic rings. The lowest BCUT2D eigenvalue weighted by molar-refractivity contribution is 0.328. The molecule has 0 amide bonds. The highest BCUT2D eigenvalue weighted by atomic mass is 35.5. The van der Waals surface area contributed by atoms with Crippen LogP contribution in [0.5, 0.6) is 5.75 Å². The number of benzene rings is 1. The predicted octanol–water partition coefficient (Wildman–Crippen LogP) is 1.76. The Morgan fingerprint density at radius 1 is 0.938 bits per heavy atom. The molecule has 3 nitrogen and oxygen atoms in total. The number of halogens is 2. The summed E-state index contributed by atoms with van der Waals surface area (Å²) in [6.45, 7) is 1.86. The third-order valence-corrected chi connectivity index (χ3v) is 1.98. The van der Waals surface area contributed by atoms with Gasteiger partial charge in [-0.2, -0.15) is 0 Å². The molecular formula is C11H20Cl2N2O. The molecule has 0 aliphatic heterocycles. The van der Waals surface area contributed by atoms with E-state index in [1.54, 1.807) is 0 Å². The summed E-state index contributed by atoms with van der Waals surface area (Å²) in [6, 6.07) is 8.09. The van der Waals surface area contributed by atoms with Crippen LogP contribution in [0.1, 0.15) is 12.0 Å². The topological polar surface area (TPSA) is 61.3 Å². The molecule has 0 fully saturated rings. The normalized spacial score (nSPS) is 8.88. The van der Waals surface area contributed by atoms with Crippen LogP contribution < -0.4 is 16.2 Å². The minimum Gasteiger partial charge on any atom is -0.492 e. The van der Waals surface area contributed by atoms with Crippen molar-refractivity contribution >= 4 is 24.8 Å². The molecule has 1 aromatic rings. The van der Waals surface area contributed by atoms with Gasteiger partial charge in [-0.05, 0) is 37.1 Å². The van der Waals surface area contributed by atoms with Gasteiger partial charge in [0.25, 0.3) is 0 Å². The molecular weight excluding hydrogens is 247 g/mol. The van der Waals surface area contributed by atoms with Crippen molar-refractivity contribution in [1.29, 1.82) is 0 Å². The first-order chi connectivity index (χ1) is 6.86. The van der Waals surface area contributed by atoms with E-state index in [0.717, 1.165) is 25.1 Å². The molecule has 4 N–H and O–H groups in total. The fraction of sp³-hybridized carbons (Fsp3) is 0.455. The van der Waals surface area contributed by atoms with Gasteiger partial charge in [0.2, 0.25) is 0 Å². The Morgan fingerprint density at radius 2 is 1.56 bits per heavy atom. The number of nitrogens with two attached hydrogens (primary N) is 2. The molecule has 0 aliphatic carbocycles. The lowest BCUT2D eigenvalue weighted by Crippen LogP contribution is -2.10. The summed E-state index contributed by atoms with van der Waals surface area (Å²) < 4.78 is 5.36. The van der Waals surface area contributed by atoms with Gasteiger partial charge < -0.3 is 16.2 Å². The van der Waals surface area contributed by atoms with E-state index in [-0.39, 0.29) is 24.8 Å². The van der Waals surface area contributed by atoms with E-state index in [2.05, 4.69) is 12.1 Å². The molecule has 16 heavy (non-hydrogen) atoms. The Bertz CT molecular complexity index is 228. The molecule has 0 unspecified atom stereocenters. The predicted molar refractivity (Wildman–Crippen MR) is 72.9 cm³/mol. The Morgan fingerprint density at radius 3 is 2.06 bits per heavy atom. The van der Waals surface area contributed by atoms with E-state index >= 15 is 0 Å². The van der Waals surface area contributed by atoms with Crippen molar-refractivity contribution in [2.24, 2.45) is 11.5 Å². The van der Waals surface area contributed by atoms with E-state index in [1.807, 2.05) is 12.1 Å². The van der Waals surface area contributed by atoms with Crippen LogP contribution in [0.25, 0.3) is 0 Å². The standard InChI is InChI=1S/C11H18N2O.2ClH/c12-7-1-2-10-3-5-11(6-4-10)14-9-8-13;;/h3-6H,1-2,7-9,12-13H2;2*1H. The smallest absolute Gasteiger partial charge is 0.119 e. The summed E-state index contributed by atoms with van der Waals surface area (Å²) in [7, 11) is 0. The molecule has 94 valence electrons. The number of rotatable bonds is 6. The summed E-state index contributed by atoms with van der Waals surface area (Å²) in [4.78, 5) is 0. The van der Waals surface area contributed by atoms with Crippen LogP contribution in [0.15, 0.2) is 24.3 Å². The molecule has 0 aromatic heterocycles. The Hall–Kier alpha value is -0.480. The third kappa shape index (κ3) is 6.90. The fourth-order valence-electron chi connectivity index (χ4n) is 1.24. The van der Waals surface area contributed by atoms with Crippen LogP contribution in [0.4, 0.5) is 0 Å². The van der Waals surface area contributed by atoms with Crippen LogP contribution in [0, 0.1) is 0 Å². The zero-order valence-electron chi connectivity index (χ0n) is 9.22. The van der Waals surface area contributed by atoms with Gasteiger partial charge in [0.15, 0.2) is 0 Å². The van der Waals surface area contributed by atoms with Crippen molar-refractivity contribution in [2.75, 3.05) is 19.7 Å². The number of hydrogen-bond acceptors (Lipinski definition) is 3. The zero-order chi connectivity index (χ0) is 10.2. The molecule has 0 saturated heterocycles. The van der Waals surface area contributed by atoms with Gasteiger partial charge in [-0.15, -0.1) is 24.8 Å². The average molecular weight is 267 g/mol. The van der Waals surface area contributed by atoms with Crippen molar-refractivity contribution in [3.8, 4) is 5.75 Å². The highest BCUT2D eigenvalue weighted by Crippen LogP contribution is 2.12. The molecule has 0 heterocycles. The maximum absolute atomic E-state index is 5.43. The highest BCUT2D eigenvalue weighted by Gasteiger charge is 1.94. The summed E-state index contributed by atoms with van der Waals surface area (Å²) in [5.41, 5.74) is 12.1. The monoisotopic (exact) mass is 266 g/mol. The fourth-order valence-corrected chi connectivity index (χ4v) is 1.24. The average Bonchev–Trinajstić information content (AvgIpc) is 2.25. The first kappa shape index (κ1) is 17.9. The number of ether oxygens (including phenoxy) is 1. The second kappa shape index (κ2) is 11.0. The summed E-state index contributed by atoms with van der Waals surface area (Å²) in [5, 5.41) is 0. The van der Waals surface area contributed by atoms with E-state index in [0.29, 0.717) is 13.2 Å². The van der Waals surface area contributed by atoms with Crippen molar-refractivity contribution < 1.29 is 4.74 Å². The van der Waals surface area contributed by atoms with Gasteiger partial charge >= 0.3 is 0 Å². The van der Waals surface area contributed by atoms with Crippen LogP contribution in [0.3, 0.4) is 0 Å². The van der Waals surface area contributed by atoms with Crippen LogP contribution in [0.2, 0.25) is 0 Å². The van der Waals surface area contributed by atoms with Crippen LogP contribution in [-0.2, 0) is 6.42 Å². The Balaban J connectivity index is 0.